The first-order valence-electron chi connectivity index (χ1n) is 5.83. The van der Waals surface area contributed by atoms with Crippen molar-refractivity contribution in [2.45, 2.75) is 29.8 Å². The summed E-state index contributed by atoms with van der Waals surface area (Å²) in [5.41, 5.74) is 7.23. The predicted molar refractivity (Wildman–Crippen MR) is 77.1 cm³/mol. The first kappa shape index (κ1) is 14.3. The molecule has 19 heavy (non-hydrogen) atoms. The smallest absolute Gasteiger partial charge is 0.126 e. The number of aryl methyl sites for hydroxylation is 1. The molecule has 0 bridgehead atoms. The number of halogens is 2. The van der Waals surface area contributed by atoms with Gasteiger partial charge in [0.05, 0.1) is 5.02 Å². The van der Waals surface area contributed by atoms with Crippen LogP contribution in [0.25, 0.3) is 0 Å². The van der Waals surface area contributed by atoms with Crippen molar-refractivity contribution in [1.82, 2.24) is 4.98 Å². The van der Waals surface area contributed by atoms with E-state index in [0.29, 0.717) is 15.6 Å². The van der Waals surface area contributed by atoms with Crippen LogP contribution >= 0.6 is 23.4 Å². The molecule has 5 heteroatoms. The maximum atomic E-state index is 13.6. The van der Waals surface area contributed by atoms with Crippen LogP contribution in [0.15, 0.2) is 40.4 Å². The number of pyridine rings is 1. The Balaban J connectivity index is 2.45. The molecule has 0 spiro atoms. The van der Waals surface area contributed by atoms with E-state index in [0.717, 1.165) is 10.5 Å². The Morgan fingerprint density at radius 1 is 1.42 bits per heavy atom. The second kappa shape index (κ2) is 5.90. The van der Waals surface area contributed by atoms with E-state index < -0.39 is 0 Å². The molecule has 1 aromatic heterocycles. The lowest BCUT2D eigenvalue weighted by Gasteiger charge is -2.14. The standard InChI is InChI=1S/C14H14ClFN2S/c1-8-6-13(10(9(2)17)7-12(8)16)19-14-11(15)4-3-5-18-14/h3-7,9H,17H2,1-2H3. The highest BCUT2D eigenvalue weighted by Gasteiger charge is 2.13. The zero-order valence-electron chi connectivity index (χ0n) is 10.7. The summed E-state index contributed by atoms with van der Waals surface area (Å²) >= 11 is 7.49. The molecular formula is C14H14ClFN2S. The van der Waals surface area contributed by atoms with Crippen molar-refractivity contribution in [2.24, 2.45) is 5.73 Å². The molecule has 0 fully saturated rings. The largest absolute Gasteiger partial charge is 0.324 e. The van der Waals surface area contributed by atoms with Gasteiger partial charge in [0.15, 0.2) is 0 Å². The van der Waals surface area contributed by atoms with Gasteiger partial charge in [0.1, 0.15) is 10.8 Å². The summed E-state index contributed by atoms with van der Waals surface area (Å²) in [4.78, 5) is 5.11. The van der Waals surface area contributed by atoms with Crippen molar-refractivity contribution in [3.63, 3.8) is 0 Å². The fourth-order valence-electron chi connectivity index (χ4n) is 1.67. The molecule has 1 unspecified atom stereocenters. The monoisotopic (exact) mass is 296 g/mol. The van der Waals surface area contributed by atoms with E-state index in [-0.39, 0.29) is 11.9 Å². The third-order valence-corrected chi connectivity index (χ3v) is 4.22. The van der Waals surface area contributed by atoms with E-state index in [9.17, 15) is 4.39 Å². The molecule has 2 aromatic rings. The number of benzene rings is 1. The van der Waals surface area contributed by atoms with Crippen LogP contribution in [0.3, 0.4) is 0 Å². The normalized spacial score (nSPS) is 12.5. The Hall–Kier alpha value is -1.10. The quantitative estimate of drug-likeness (QED) is 0.915. The van der Waals surface area contributed by atoms with Crippen molar-refractivity contribution < 1.29 is 4.39 Å². The van der Waals surface area contributed by atoms with Crippen molar-refractivity contribution >= 4 is 23.4 Å². The fourth-order valence-corrected chi connectivity index (χ4v) is 2.99. The minimum atomic E-state index is -0.250. The van der Waals surface area contributed by atoms with Gasteiger partial charge < -0.3 is 5.73 Å². The molecule has 2 rings (SSSR count). The minimum absolute atomic E-state index is 0.247. The number of nitrogens with two attached hydrogens (primary N) is 1. The highest BCUT2D eigenvalue weighted by Crippen LogP contribution is 2.36. The molecule has 2 nitrogen and oxygen atoms in total. The Bertz CT molecular complexity index is 602. The van der Waals surface area contributed by atoms with Gasteiger partial charge in [0.25, 0.3) is 0 Å². The lowest BCUT2D eigenvalue weighted by atomic mass is 10.1. The van der Waals surface area contributed by atoms with Crippen LogP contribution in [0, 0.1) is 12.7 Å². The zero-order chi connectivity index (χ0) is 14.0. The first-order chi connectivity index (χ1) is 8.99. The second-order valence-corrected chi connectivity index (χ2v) is 5.76. The third kappa shape index (κ3) is 3.26. The topological polar surface area (TPSA) is 38.9 Å². The third-order valence-electron chi connectivity index (χ3n) is 2.71. The molecule has 0 radical (unpaired) electrons. The molecular weight excluding hydrogens is 283 g/mol. The molecule has 100 valence electrons. The van der Waals surface area contributed by atoms with Gasteiger partial charge >= 0.3 is 0 Å². The van der Waals surface area contributed by atoms with Crippen LogP contribution in [-0.4, -0.2) is 4.98 Å². The molecule has 0 aliphatic carbocycles. The van der Waals surface area contributed by atoms with Crippen LogP contribution in [-0.2, 0) is 0 Å². The minimum Gasteiger partial charge on any atom is -0.324 e. The van der Waals surface area contributed by atoms with Gasteiger partial charge in [-0.05, 0) is 49.2 Å². The Morgan fingerprint density at radius 2 is 2.16 bits per heavy atom. The van der Waals surface area contributed by atoms with Gasteiger partial charge in [-0.15, -0.1) is 0 Å². The summed E-state index contributed by atoms with van der Waals surface area (Å²) in [5, 5.41) is 1.27. The molecule has 0 aliphatic rings. The van der Waals surface area contributed by atoms with Crippen molar-refractivity contribution in [1.29, 1.82) is 0 Å². The van der Waals surface area contributed by atoms with E-state index in [2.05, 4.69) is 4.98 Å². The molecule has 2 N–H and O–H groups in total. The molecule has 0 saturated carbocycles. The average Bonchev–Trinajstić information content (AvgIpc) is 2.36. The molecule has 0 amide bonds. The van der Waals surface area contributed by atoms with Gasteiger partial charge in [-0.2, -0.15) is 0 Å². The SMILES string of the molecule is Cc1cc(Sc2ncccc2Cl)c(C(C)N)cc1F. The van der Waals surface area contributed by atoms with E-state index in [1.165, 1.54) is 17.8 Å². The summed E-state index contributed by atoms with van der Waals surface area (Å²) in [6.07, 6.45) is 1.68. The summed E-state index contributed by atoms with van der Waals surface area (Å²) in [6.45, 7) is 3.55. The van der Waals surface area contributed by atoms with Gasteiger partial charge in [-0.25, -0.2) is 9.37 Å². The summed E-state index contributed by atoms with van der Waals surface area (Å²) in [7, 11) is 0. The second-order valence-electron chi connectivity index (χ2n) is 4.32. The molecule has 0 aliphatic heterocycles. The highest BCUT2D eigenvalue weighted by molar-refractivity contribution is 7.99. The average molecular weight is 297 g/mol. The Labute approximate surface area is 121 Å². The van der Waals surface area contributed by atoms with E-state index in [1.807, 2.05) is 6.92 Å². The predicted octanol–water partition coefficient (Wildman–Crippen LogP) is 4.35. The van der Waals surface area contributed by atoms with Crippen LogP contribution in [0.4, 0.5) is 4.39 Å². The first-order valence-corrected chi connectivity index (χ1v) is 7.02. The summed E-state index contributed by atoms with van der Waals surface area (Å²) in [5.74, 6) is -0.247. The van der Waals surface area contributed by atoms with Gasteiger partial charge in [0, 0.05) is 17.1 Å². The van der Waals surface area contributed by atoms with E-state index in [4.69, 9.17) is 17.3 Å². The zero-order valence-corrected chi connectivity index (χ0v) is 12.2. The van der Waals surface area contributed by atoms with Crippen molar-refractivity contribution in [3.05, 3.63) is 52.4 Å². The summed E-state index contributed by atoms with van der Waals surface area (Å²) < 4.78 is 13.6. The van der Waals surface area contributed by atoms with E-state index >= 15 is 0 Å². The fraction of sp³-hybridized carbons (Fsp3) is 0.214. The Kier molecular flexibility index (Phi) is 4.45. The number of hydrogen-bond donors (Lipinski definition) is 1. The van der Waals surface area contributed by atoms with Crippen LogP contribution < -0.4 is 5.73 Å². The Morgan fingerprint density at radius 3 is 2.79 bits per heavy atom. The lowest BCUT2D eigenvalue weighted by Crippen LogP contribution is -2.07. The van der Waals surface area contributed by atoms with Crippen molar-refractivity contribution in [2.75, 3.05) is 0 Å². The lowest BCUT2D eigenvalue weighted by molar-refractivity contribution is 0.610. The molecule has 1 atom stereocenters. The molecule has 1 heterocycles. The number of rotatable bonds is 3. The van der Waals surface area contributed by atoms with Gasteiger partial charge in [-0.1, -0.05) is 23.4 Å². The number of hydrogen-bond acceptors (Lipinski definition) is 3. The maximum absolute atomic E-state index is 13.6. The molecule has 1 aromatic carbocycles. The van der Waals surface area contributed by atoms with Crippen molar-refractivity contribution in [3.8, 4) is 0 Å². The summed E-state index contributed by atoms with van der Waals surface area (Å²) in [6, 6.07) is 6.57. The van der Waals surface area contributed by atoms with Crippen LogP contribution in [0.5, 0.6) is 0 Å². The van der Waals surface area contributed by atoms with Crippen LogP contribution in [0.2, 0.25) is 5.02 Å². The number of aromatic nitrogens is 1. The van der Waals surface area contributed by atoms with Crippen LogP contribution in [0.1, 0.15) is 24.1 Å². The number of nitrogens with zero attached hydrogens (tertiary/aromatic N) is 1. The highest BCUT2D eigenvalue weighted by atomic mass is 35.5. The molecule has 0 saturated heterocycles. The van der Waals surface area contributed by atoms with Gasteiger partial charge in [-0.3, -0.25) is 0 Å². The maximum Gasteiger partial charge on any atom is 0.126 e. The van der Waals surface area contributed by atoms with Gasteiger partial charge in [0.2, 0.25) is 0 Å². The van der Waals surface area contributed by atoms with E-state index in [1.54, 1.807) is 31.3 Å².